The molecule has 0 atom stereocenters. The molecule has 0 radical (unpaired) electrons. The predicted molar refractivity (Wildman–Crippen MR) is 76.1 cm³/mol. The molecule has 0 bridgehead atoms. The smallest absolute Gasteiger partial charge is 0.0386 e. The molecule has 0 spiro atoms. The van der Waals surface area contributed by atoms with Crippen LogP contribution in [0.15, 0.2) is 0 Å². The fraction of sp³-hybridized carbons (Fsp3) is 1.00. The molecule has 0 N–H and O–H groups in total. The summed E-state index contributed by atoms with van der Waals surface area (Å²) in [5.41, 5.74) is 0. The van der Waals surface area contributed by atoms with Crippen LogP contribution in [0.25, 0.3) is 0 Å². The van der Waals surface area contributed by atoms with Crippen LogP contribution >= 0.6 is 0 Å². The van der Waals surface area contributed by atoms with E-state index >= 15 is 0 Å². The van der Waals surface area contributed by atoms with E-state index in [0.717, 1.165) is 23.7 Å². The first kappa shape index (κ1) is 13.4. The highest BCUT2D eigenvalue weighted by molar-refractivity contribution is 4.81. The molecule has 0 unspecified atom stereocenters. The van der Waals surface area contributed by atoms with Gasteiger partial charge in [-0.05, 0) is 49.4 Å². The van der Waals surface area contributed by atoms with E-state index in [-0.39, 0.29) is 0 Å². The zero-order chi connectivity index (χ0) is 12.1. The summed E-state index contributed by atoms with van der Waals surface area (Å²) in [6.45, 7) is 4.72. The van der Waals surface area contributed by atoms with Gasteiger partial charge in [0, 0.05) is 0 Å². The lowest BCUT2D eigenvalue weighted by Gasteiger charge is -2.37. The van der Waals surface area contributed by atoms with Crippen LogP contribution in [0.3, 0.4) is 0 Å². The molecular weight excluding hydrogens is 204 g/mol. The Kier molecular flexibility index (Phi) is 5.38. The standard InChI is InChI=1S/C17H32/c1-3-5-15-8-12-17(13-9-15)16-10-6-14(4-2)7-11-16/h14-17H,3-13H2,1-2H3/t14-,15-,16-,17-. The van der Waals surface area contributed by atoms with Crippen molar-refractivity contribution in [1.82, 2.24) is 0 Å². The topological polar surface area (TPSA) is 0 Å². The van der Waals surface area contributed by atoms with Gasteiger partial charge >= 0.3 is 0 Å². The van der Waals surface area contributed by atoms with E-state index in [4.69, 9.17) is 0 Å². The van der Waals surface area contributed by atoms with Gasteiger partial charge in [0.05, 0.1) is 0 Å². The minimum absolute atomic E-state index is 1.07. The van der Waals surface area contributed by atoms with Gasteiger partial charge in [0.25, 0.3) is 0 Å². The van der Waals surface area contributed by atoms with E-state index in [2.05, 4.69) is 13.8 Å². The van der Waals surface area contributed by atoms with Gasteiger partial charge in [0.1, 0.15) is 0 Å². The van der Waals surface area contributed by atoms with Crippen LogP contribution in [-0.4, -0.2) is 0 Å². The summed E-state index contributed by atoms with van der Waals surface area (Å²) in [7, 11) is 0. The molecule has 2 aliphatic rings. The van der Waals surface area contributed by atoms with Crippen molar-refractivity contribution in [2.75, 3.05) is 0 Å². The fourth-order valence-corrected chi connectivity index (χ4v) is 4.42. The van der Waals surface area contributed by atoms with Gasteiger partial charge in [-0.2, -0.15) is 0 Å². The molecule has 2 rings (SSSR count). The molecule has 17 heavy (non-hydrogen) atoms. The Morgan fingerprint density at radius 1 is 0.647 bits per heavy atom. The second-order valence-corrected chi connectivity index (χ2v) is 6.76. The molecule has 100 valence electrons. The Bertz CT molecular complexity index is 192. The second kappa shape index (κ2) is 6.81. The summed E-state index contributed by atoms with van der Waals surface area (Å²) in [5, 5.41) is 0. The van der Waals surface area contributed by atoms with Gasteiger partial charge in [-0.1, -0.05) is 58.8 Å². The molecule has 0 heterocycles. The van der Waals surface area contributed by atoms with Crippen LogP contribution in [-0.2, 0) is 0 Å². The van der Waals surface area contributed by atoms with E-state index in [1.54, 1.807) is 38.5 Å². The molecule has 2 fully saturated rings. The predicted octanol–water partition coefficient (Wildman–Crippen LogP) is 5.81. The van der Waals surface area contributed by atoms with Crippen LogP contribution in [0.2, 0.25) is 0 Å². The molecule has 0 aromatic carbocycles. The molecule has 0 aromatic rings. The highest BCUT2D eigenvalue weighted by atomic mass is 14.4. The number of rotatable bonds is 4. The first-order chi connectivity index (χ1) is 8.33. The quantitative estimate of drug-likeness (QED) is 0.578. The zero-order valence-corrected chi connectivity index (χ0v) is 12.1. The number of hydrogen-bond donors (Lipinski definition) is 0. The van der Waals surface area contributed by atoms with E-state index in [1.807, 2.05) is 0 Å². The van der Waals surface area contributed by atoms with E-state index in [1.165, 1.54) is 32.1 Å². The molecule has 0 saturated heterocycles. The van der Waals surface area contributed by atoms with Crippen molar-refractivity contribution in [3.63, 3.8) is 0 Å². The fourth-order valence-electron chi connectivity index (χ4n) is 4.42. The monoisotopic (exact) mass is 236 g/mol. The molecule has 2 saturated carbocycles. The molecule has 0 aliphatic heterocycles. The first-order valence-corrected chi connectivity index (χ1v) is 8.33. The van der Waals surface area contributed by atoms with Crippen molar-refractivity contribution in [2.24, 2.45) is 23.7 Å². The summed E-state index contributed by atoms with van der Waals surface area (Å²) in [6, 6.07) is 0. The van der Waals surface area contributed by atoms with Crippen molar-refractivity contribution in [1.29, 1.82) is 0 Å². The van der Waals surface area contributed by atoms with Crippen molar-refractivity contribution in [2.45, 2.75) is 84.5 Å². The van der Waals surface area contributed by atoms with Gasteiger partial charge in [0.15, 0.2) is 0 Å². The maximum Gasteiger partial charge on any atom is -0.0386 e. The summed E-state index contributed by atoms with van der Waals surface area (Å²) in [4.78, 5) is 0. The maximum absolute atomic E-state index is 2.38. The van der Waals surface area contributed by atoms with Gasteiger partial charge < -0.3 is 0 Å². The van der Waals surface area contributed by atoms with Gasteiger partial charge in [-0.3, -0.25) is 0 Å². The molecule has 0 amide bonds. The average Bonchev–Trinajstić information content (AvgIpc) is 2.40. The summed E-state index contributed by atoms with van der Waals surface area (Å²) in [5.74, 6) is 4.38. The van der Waals surface area contributed by atoms with E-state index < -0.39 is 0 Å². The van der Waals surface area contributed by atoms with Crippen molar-refractivity contribution in [3.8, 4) is 0 Å². The third-order valence-electron chi connectivity index (χ3n) is 5.72. The normalized spacial score (nSPS) is 39.2. The van der Waals surface area contributed by atoms with E-state index in [0.29, 0.717) is 0 Å². The molecule has 0 heteroatoms. The van der Waals surface area contributed by atoms with Crippen LogP contribution in [0, 0.1) is 23.7 Å². The second-order valence-electron chi connectivity index (χ2n) is 6.76. The molecule has 0 nitrogen and oxygen atoms in total. The molecule has 2 aliphatic carbocycles. The average molecular weight is 236 g/mol. The lowest BCUT2D eigenvalue weighted by Crippen LogP contribution is -2.25. The Balaban J connectivity index is 1.70. The third-order valence-corrected chi connectivity index (χ3v) is 5.72. The van der Waals surface area contributed by atoms with E-state index in [9.17, 15) is 0 Å². The minimum Gasteiger partial charge on any atom is -0.0654 e. The lowest BCUT2D eigenvalue weighted by atomic mass is 9.68. The maximum atomic E-state index is 2.38. The van der Waals surface area contributed by atoms with Crippen molar-refractivity contribution >= 4 is 0 Å². The molecular formula is C17H32. The third kappa shape index (κ3) is 3.73. The Morgan fingerprint density at radius 3 is 1.53 bits per heavy atom. The van der Waals surface area contributed by atoms with Crippen LogP contribution in [0.4, 0.5) is 0 Å². The molecule has 0 aromatic heterocycles. The Morgan fingerprint density at radius 2 is 1.12 bits per heavy atom. The summed E-state index contributed by atoms with van der Waals surface area (Å²) >= 11 is 0. The largest absolute Gasteiger partial charge is 0.0654 e. The highest BCUT2D eigenvalue weighted by Crippen LogP contribution is 2.42. The van der Waals surface area contributed by atoms with Crippen LogP contribution in [0.1, 0.15) is 84.5 Å². The van der Waals surface area contributed by atoms with Crippen LogP contribution < -0.4 is 0 Å². The SMILES string of the molecule is CCC[C@H]1CC[C@H]([C@H]2CC[C@H](CC)CC2)CC1. The van der Waals surface area contributed by atoms with Gasteiger partial charge in [0.2, 0.25) is 0 Å². The highest BCUT2D eigenvalue weighted by Gasteiger charge is 2.29. The Hall–Kier alpha value is 0. The summed E-state index contributed by atoms with van der Waals surface area (Å²) < 4.78 is 0. The van der Waals surface area contributed by atoms with Crippen molar-refractivity contribution in [3.05, 3.63) is 0 Å². The first-order valence-electron chi connectivity index (χ1n) is 8.33. The summed E-state index contributed by atoms with van der Waals surface area (Å²) in [6.07, 6.45) is 16.7. The number of hydrogen-bond acceptors (Lipinski definition) is 0. The zero-order valence-electron chi connectivity index (χ0n) is 12.1. The minimum atomic E-state index is 1.07. The van der Waals surface area contributed by atoms with Gasteiger partial charge in [-0.25, -0.2) is 0 Å². The van der Waals surface area contributed by atoms with Crippen molar-refractivity contribution < 1.29 is 0 Å². The van der Waals surface area contributed by atoms with Gasteiger partial charge in [-0.15, -0.1) is 0 Å². The Labute approximate surface area is 109 Å². The van der Waals surface area contributed by atoms with Crippen LogP contribution in [0.5, 0.6) is 0 Å². The lowest BCUT2D eigenvalue weighted by molar-refractivity contribution is 0.142.